The average Bonchev–Trinajstić information content (AvgIpc) is 2.87. The minimum absolute atomic E-state index is 0.477. The first-order valence-corrected chi connectivity index (χ1v) is 7.87. The summed E-state index contributed by atoms with van der Waals surface area (Å²) in [6.07, 6.45) is 2.24. The van der Waals surface area contributed by atoms with Gasteiger partial charge in [-0.15, -0.1) is 0 Å². The van der Waals surface area contributed by atoms with E-state index in [0.29, 0.717) is 12.0 Å². The number of ether oxygens (including phenoxy) is 1. The van der Waals surface area contributed by atoms with Gasteiger partial charge in [0, 0.05) is 6.04 Å². The Labute approximate surface area is 127 Å². The second-order valence-electron chi connectivity index (χ2n) is 5.65. The topological polar surface area (TPSA) is 21.3 Å². The van der Waals surface area contributed by atoms with Crippen molar-refractivity contribution in [3.05, 3.63) is 65.7 Å². The molecule has 0 spiro atoms. The van der Waals surface area contributed by atoms with E-state index in [-0.39, 0.29) is 0 Å². The highest BCUT2D eigenvalue weighted by atomic mass is 16.5. The molecule has 0 radical (unpaired) electrons. The van der Waals surface area contributed by atoms with E-state index in [9.17, 15) is 0 Å². The van der Waals surface area contributed by atoms with Crippen LogP contribution in [0.5, 0.6) is 5.75 Å². The van der Waals surface area contributed by atoms with E-state index in [2.05, 4.69) is 36.5 Å². The smallest absolute Gasteiger partial charge is 0.119 e. The van der Waals surface area contributed by atoms with Crippen molar-refractivity contribution < 1.29 is 4.74 Å². The molecule has 1 aliphatic rings. The molecule has 0 aliphatic heterocycles. The number of benzene rings is 2. The number of fused-ring (bicyclic) bond motifs is 1. The van der Waals surface area contributed by atoms with Crippen molar-refractivity contribution in [2.75, 3.05) is 13.2 Å². The molecular weight excluding hydrogens is 258 g/mol. The van der Waals surface area contributed by atoms with Gasteiger partial charge in [0.2, 0.25) is 0 Å². The van der Waals surface area contributed by atoms with Crippen LogP contribution in [0.25, 0.3) is 0 Å². The Morgan fingerprint density at radius 2 is 1.81 bits per heavy atom. The molecular formula is C19H23NO. The first kappa shape index (κ1) is 14.2. The van der Waals surface area contributed by atoms with E-state index < -0.39 is 0 Å². The second-order valence-corrected chi connectivity index (χ2v) is 5.65. The van der Waals surface area contributed by atoms with Crippen LogP contribution in [0.15, 0.2) is 54.6 Å². The third-order valence-corrected chi connectivity index (χ3v) is 4.27. The van der Waals surface area contributed by atoms with Gasteiger partial charge in [-0.25, -0.2) is 0 Å². The average molecular weight is 281 g/mol. The molecule has 0 heterocycles. The van der Waals surface area contributed by atoms with Gasteiger partial charge in [-0.2, -0.15) is 0 Å². The first-order valence-electron chi connectivity index (χ1n) is 7.87. The van der Waals surface area contributed by atoms with E-state index in [4.69, 9.17) is 4.74 Å². The standard InChI is InChI=1S/C19H23NO/c1-2-20-19-16(14-15-8-6-7-11-18(15)19)12-13-21-17-9-4-3-5-10-17/h3-11,16,19-20H,2,12-14H2,1H3. The van der Waals surface area contributed by atoms with Crippen molar-refractivity contribution in [2.45, 2.75) is 25.8 Å². The summed E-state index contributed by atoms with van der Waals surface area (Å²) < 4.78 is 5.87. The van der Waals surface area contributed by atoms with Gasteiger partial charge in [0.15, 0.2) is 0 Å². The minimum atomic E-state index is 0.477. The lowest BCUT2D eigenvalue weighted by Gasteiger charge is -2.21. The number of nitrogens with one attached hydrogen (secondary N) is 1. The fourth-order valence-corrected chi connectivity index (χ4v) is 3.29. The van der Waals surface area contributed by atoms with Crippen LogP contribution in [0.4, 0.5) is 0 Å². The van der Waals surface area contributed by atoms with E-state index in [1.807, 2.05) is 30.3 Å². The Kier molecular flexibility index (Phi) is 4.56. The van der Waals surface area contributed by atoms with Crippen LogP contribution in [0, 0.1) is 5.92 Å². The summed E-state index contributed by atoms with van der Waals surface area (Å²) >= 11 is 0. The summed E-state index contributed by atoms with van der Waals surface area (Å²) in [5, 5.41) is 3.64. The Hall–Kier alpha value is -1.80. The Bertz CT molecular complexity index is 567. The molecule has 2 aromatic carbocycles. The van der Waals surface area contributed by atoms with Crippen LogP contribution in [-0.2, 0) is 6.42 Å². The van der Waals surface area contributed by atoms with Gasteiger partial charge in [-0.3, -0.25) is 0 Å². The van der Waals surface area contributed by atoms with Gasteiger partial charge >= 0.3 is 0 Å². The Balaban J connectivity index is 1.60. The third kappa shape index (κ3) is 3.27. The van der Waals surface area contributed by atoms with E-state index in [0.717, 1.165) is 31.7 Å². The molecule has 2 heteroatoms. The van der Waals surface area contributed by atoms with Gasteiger partial charge < -0.3 is 10.1 Å². The fraction of sp³-hybridized carbons (Fsp3) is 0.368. The predicted molar refractivity (Wildman–Crippen MR) is 86.6 cm³/mol. The lowest BCUT2D eigenvalue weighted by Crippen LogP contribution is -2.26. The molecule has 110 valence electrons. The molecule has 0 fully saturated rings. The zero-order valence-corrected chi connectivity index (χ0v) is 12.6. The highest BCUT2D eigenvalue weighted by Crippen LogP contribution is 2.37. The number of rotatable bonds is 6. The molecule has 2 nitrogen and oxygen atoms in total. The predicted octanol–water partition coefficient (Wildman–Crippen LogP) is 3.98. The van der Waals surface area contributed by atoms with Crippen molar-refractivity contribution in [1.82, 2.24) is 5.32 Å². The van der Waals surface area contributed by atoms with Gasteiger partial charge in [0.1, 0.15) is 5.75 Å². The summed E-state index contributed by atoms with van der Waals surface area (Å²) in [6, 6.07) is 19.4. The van der Waals surface area contributed by atoms with Crippen LogP contribution in [-0.4, -0.2) is 13.2 Å². The van der Waals surface area contributed by atoms with E-state index in [1.165, 1.54) is 11.1 Å². The van der Waals surface area contributed by atoms with E-state index >= 15 is 0 Å². The summed E-state index contributed by atoms with van der Waals surface area (Å²) in [5.41, 5.74) is 2.97. The quantitative estimate of drug-likeness (QED) is 0.865. The third-order valence-electron chi connectivity index (χ3n) is 4.27. The minimum Gasteiger partial charge on any atom is -0.494 e. The highest BCUT2D eigenvalue weighted by Gasteiger charge is 2.31. The van der Waals surface area contributed by atoms with Gasteiger partial charge in [0.25, 0.3) is 0 Å². The summed E-state index contributed by atoms with van der Waals surface area (Å²) in [4.78, 5) is 0. The number of hydrogen-bond acceptors (Lipinski definition) is 2. The maximum atomic E-state index is 5.87. The summed E-state index contributed by atoms with van der Waals surface area (Å²) in [6.45, 7) is 3.97. The summed E-state index contributed by atoms with van der Waals surface area (Å²) in [5.74, 6) is 1.60. The number of para-hydroxylation sites is 1. The molecule has 21 heavy (non-hydrogen) atoms. The maximum Gasteiger partial charge on any atom is 0.119 e. The molecule has 0 amide bonds. The SMILES string of the molecule is CCNC1c2ccccc2CC1CCOc1ccccc1. The molecule has 0 bridgehead atoms. The van der Waals surface area contributed by atoms with Gasteiger partial charge in [-0.05, 0) is 48.6 Å². The molecule has 2 atom stereocenters. The zero-order valence-electron chi connectivity index (χ0n) is 12.6. The monoisotopic (exact) mass is 281 g/mol. The zero-order chi connectivity index (χ0) is 14.5. The lowest BCUT2D eigenvalue weighted by atomic mass is 9.97. The van der Waals surface area contributed by atoms with Crippen molar-refractivity contribution >= 4 is 0 Å². The fourth-order valence-electron chi connectivity index (χ4n) is 3.29. The summed E-state index contributed by atoms with van der Waals surface area (Å²) in [7, 11) is 0. The maximum absolute atomic E-state index is 5.87. The van der Waals surface area contributed by atoms with Crippen LogP contribution in [0.2, 0.25) is 0 Å². The largest absolute Gasteiger partial charge is 0.494 e. The van der Waals surface area contributed by atoms with Crippen LogP contribution < -0.4 is 10.1 Å². The van der Waals surface area contributed by atoms with Crippen LogP contribution in [0.1, 0.15) is 30.5 Å². The molecule has 1 N–H and O–H groups in total. The van der Waals surface area contributed by atoms with Crippen LogP contribution >= 0.6 is 0 Å². The number of hydrogen-bond donors (Lipinski definition) is 1. The van der Waals surface area contributed by atoms with Gasteiger partial charge in [-0.1, -0.05) is 49.4 Å². The van der Waals surface area contributed by atoms with Crippen molar-refractivity contribution in [1.29, 1.82) is 0 Å². The Morgan fingerprint density at radius 3 is 2.62 bits per heavy atom. The molecule has 1 aliphatic carbocycles. The molecule has 0 aromatic heterocycles. The first-order chi connectivity index (χ1) is 10.4. The highest BCUT2D eigenvalue weighted by molar-refractivity contribution is 5.35. The van der Waals surface area contributed by atoms with Crippen molar-refractivity contribution in [2.24, 2.45) is 5.92 Å². The van der Waals surface area contributed by atoms with E-state index in [1.54, 1.807) is 0 Å². The van der Waals surface area contributed by atoms with Crippen molar-refractivity contribution in [3.8, 4) is 5.75 Å². The van der Waals surface area contributed by atoms with Crippen molar-refractivity contribution in [3.63, 3.8) is 0 Å². The lowest BCUT2D eigenvalue weighted by molar-refractivity contribution is 0.256. The molecule has 2 aromatic rings. The Morgan fingerprint density at radius 1 is 1.05 bits per heavy atom. The van der Waals surface area contributed by atoms with Crippen LogP contribution in [0.3, 0.4) is 0 Å². The van der Waals surface area contributed by atoms with Gasteiger partial charge in [0.05, 0.1) is 6.61 Å². The molecule has 0 saturated carbocycles. The second kappa shape index (κ2) is 6.77. The molecule has 0 saturated heterocycles. The molecule has 2 unspecified atom stereocenters. The molecule has 3 rings (SSSR count). The normalized spacial score (nSPS) is 20.2.